The summed E-state index contributed by atoms with van der Waals surface area (Å²) in [5.41, 5.74) is 0. The zero-order chi connectivity index (χ0) is 10.0. The molecule has 0 saturated carbocycles. The smallest absolute Gasteiger partial charge is 0.277 e. The summed E-state index contributed by atoms with van der Waals surface area (Å²) in [6.07, 6.45) is 0.462. The predicted molar refractivity (Wildman–Crippen MR) is 44.8 cm³/mol. The highest BCUT2D eigenvalue weighted by Crippen LogP contribution is 2.09. The number of nitrogens with one attached hydrogen (secondary N) is 1. The molecule has 72 valence electrons. The minimum atomic E-state index is -0.601. The molecule has 0 bridgehead atoms. The van der Waals surface area contributed by atoms with Crippen LogP contribution >= 0.6 is 0 Å². The van der Waals surface area contributed by atoms with Crippen LogP contribution in [0.25, 0.3) is 0 Å². The zero-order valence-electron chi connectivity index (χ0n) is 7.66. The lowest BCUT2D eigenvalue weighted by Gasteiger charge is -2.29. The molecule has 5 heteroatoms. The second kappa shape index (κ2) is 3.55. The number of carbonyl (C=O) groups excluding carboxylic acids is 3. The summed E-state index contributed by atoms with van der Waals surface area (Å²) >= 11 is 0. The molecule has 0 spiro atoms. The van der Waals surface area contributed by atoms with Crippen LogP contribution in [-0.2, 0) is 9.59 Å². The number of amides is 4. The van der Waals surface area contributed by atoms with E-state index in [4.69, 9.17) is 0 Å². The van der Waals surface area contributed by atoms with E-state index in [2.05, 4.69) is 5.32 Å². The Morgan fingerprint density at radius 1 is 1.46 bits per heavy atom. The number of hydrogen-bond acceptors (Lipinski definition) is 3. The predicted octanol–water partition coefficient (Wildman–Crippen LogP) is 0.253. The zero-order valence-corrected chi connectivity index (χ0v) is 7.66. The quantitative estimate of drug-likeness (QED) is 0.626. The van der Waals surface area contributed by atoms with E-state index in [1.165, 1.54) is 0 Å². The molecule has 1 aliphatic rings. The monoisotopic (exact) mass is 184 g/mol. The van der Waals surface area contributed by atoms with Crippen LogP contribution < -0.4 is 5.32 Å². The van der Waals surface area contributed by atoms with E-state index in [1.54, 1.807) is 6.92 Å². The fourth-order valence-electron chi connectivity index (χ4n) is 1.19. The van der Waals surface area contributed by atoms with Gasteiger partial charge in [0.2, 0.25) is 11.8 Å². The van der Waals surface area contributed by atoms with Crippen LogP contribution in [0.5, 0.6) is 0 Å². The summed E-state index contributed by atoms with van der Waals surface area (Å²) in [5, 5.41) is 2.10. The first kappa shape index (κ1) is 9.70. The Morgan fingerprint density at radius 2 is 2.08 bits per heavy atom. The molecule has 0 aliphatic carbocycles. The maximum atomic E-state index is 11.3. The summed E-state index contributed by atoms with van der Waals surface area (Å²) in [6.45, 7) is 3.65. The second-order valence-corrected chi connectivity index (χ2v) is 3.05. The molecule has 0 aromatic carbocycles. The Labute approximate surface area is 76.1 Å². The van der Waals surface area contributed by atoms with Gasteiger partial charge in [0.1, 0.15) is 6.42 Å². The molecule has 1 fully saturated rings. The van der Waals surface area contributed by atoms with Gasteiger partial charge in [-0.05, 0) is 13.3 Å². The van der Waals surface area contributed by atoms with Crippen molar-refractivity contribution in [1.29, 1.82) is 0 Å². The molecule has 1 saturated heterocycles. The standard InChI is InChI=1S/C8H12N2O3/c1-3-5(2)10-7(12)4-6(11)9-8(10)13/h5H,3-4H2,1-2H3,(H,9,11,13). The SMILES string of the molecule is CCC(C)N1C(=O)CC(=O)NC1=O. The van der Waals surface area contributed by atoms with Gasteiger partial charge in [-0.15, -0.1) is 0 Å². The molecular formula is C8H12N2O3. The van der Waals surface area contributed by atoms with Gasteiger partial charge in [-0.1, -0.05) is 6.92 Å². The lowest BCUT2D eigenvalue weighted by molar-refractivity contribution is -0.137. The molecule has 0 aromatic heterocycles. The molecular weight excluding hydrogens is 172 g/mol. The van der Waals surface area contributed by atoms with Crippen molar-refractivity contribution < 1.29 is 14.4 Å². The van der Waals surface area contributed by atoms with Crippen molar-refractivity contribution in [3.63, 3.8) is 0 Å². The molecule has 1 aliphatic heterocycles. The van der Waals surface area contributed by atoms with Crippen LogP contribution in [0.2, 0.25) is 0 Å². The molecule has 13 heavy (non-hydrogen) atoms. The lowest BCUT2D eigenvalue weighted by Crippen LogP contribution is -2.55. The van der Waals surface area contributed by atoms with Crippen molar-refractivity contribution in [1.82, 2.24) is 10.2 Å². The second-order valence-electron chi connectivity index (χ2n) is 3.05. The molecule has 1 atom stereocenters. The fourth-order valence-corrected chi connectivity index (χ4v) is 1.19. The van der Waals surface area contributed by atoms with Gasteiger partial charge >= 0.3 is 6.03 Å². The fraction of sp³-hybridized carbons (Fsp3) is 0.625. The Kier molecular flexibility index (Phi) is 2.65. The molecule has 1 unspecified atom stereocenters. The third-order valence-electron chi connectivity index (χ3n) is 2.08. The molecule has 0 radical (unpaired) electrons. The first-order chi connectivity index (χ1) is 6.06. The summed E-state index contributed by atoms with van der Waals surface area (Å²) in [7, 11) is 0. The largest absolute Gasteiger partial charge is 0.331 e. The van der Waals surface area contributed by atoms with Gasteiger partial charge in [0.25, 0.3) is 0 Å². The van der Waals surface area contributed by atoms with Crippen LogP contribution in [0.15, 0.2) is 0 Å². The minimum absolute atomic E-state index is 0.152. The maximum Gasteiger partial charge on any atom is 0.331 e. The molecule has 1 rings (SSSR count). The topological polar surface area (TPSA) is 66.5 Å². The Morgan fingerprint density at radius 3 is 2.54 bits per heavy atom. The van der Waals surface area contributed by atoms with E-state index in [-0.39, 0.29) is 12.5 Å². The van der Waals surface area contributed by atoms with Gasteiger partial charge in [-0.3, -0.25) is 19.8 Å². The van der Waals surface area contributed by atoms with Crippen molar-refractivity contribution in [2.45, 2.75) is 32.7 Å². The van der Waals surface area contributed by atoms with Crippen LogP contribution in [0.4, 0.5) is 4.79 Å². The number of rotatable bonds is 2. The average molecular weight is 184 g/mol. The molecule has 1 N–H and O–H groups in total. The Bertz CT molecular complexity index is 242. The summed E-state index contributed by atoms with van der Waals surface area (Å²) < 4.78 is 0. The van der Waals surface area contributed by atoms with Crippen molar-refractivity contribution in [3.05, 3.63) is 0 Å². The highest BCUT2D eigenvalue weighted by Gasteiger charge is 2.33. The van der Waals surface area contributed by atoms with Gasteiger partial charge in [-0.25, -0.2) is 4.79 Å². The number of imide groups is 2. The van der Waals surface area contributed by atoms with Crippen molar-refractivity contribution >= 4 is 17.8 Å². The molecule has 1 heterocycles. The number of urea groups is 1. The first-order valence-corrected chi connectivity index (χ1v) is 4.22. The van der Waals surface area contributed by atoms with E-state index >= 15 is 0 Å². The van der Waals surface area contributed by atoms with Crippen molar-refractivity contribution in [3.8, 4) is 0 Å². The van der Waals surface area contributed by atoms with Gasteiger partial charge < -0.3 is 0 Å². The highest BCUT2D eigenvalue weighted by molar-refractivity contribution is 6.14. The molecule has 4 amide bonds. The van der Waals surface area contributed by atoms with E-state index in [0.717, 1.165) is 4.90 Å². The van der Waals surface area contributed by atoms with Crippen LogP contribution in [0, 0.1) is 0 Å². The van der Waals surface area contributed by atoms with Gasteiger partial charge in [0, 0.05) is 6.04 Å². The summed E-state index contributed by atoms with van der Waals surface area (Å²) in [4.78, 5) is 34.3. The van der Waals surface area contributed by atoms with Crippen molar-refractivity contribution in [2.75, 3.05) is 0 Å². The van der Waals surface area contributed by atoms with Crippen molar-refractivity contribution in [2.24, 2.45) is 0 Å². The Hall–Kier alpha value is -1.39. The van der Waals surface area contributed by atoms with Crippen LogP contribution in [0.1, 0.15) is 26.7 Å². The third-order valence-corrected chi connectivity index (χ3v) is 2.08. The number of hydrogen-bond donors (Lipinski definition) is 1. The van der Waals surface area contributed by atoms with E-state index in [1.807, 2.05) is 6.92 Å². The third kappa shape index (κ3) is 1.85. The first-order valence-electron chi connectivity index (χ1n) is 4.22. The Balaban J connectivity index is 2.78. The molecule has 0 aromatic rings. The summed E-state index contributed by atoms with van der Waals surface area (Å²) in [5.74, 6) is -0.933. The van der Waals surface area contributed by atoms with E-state index < -0.39 is 17.8 Å². The lowest BCUT2D eigenvalue weighted by atomic mass is 10.2. The van der Waals surface area contributed by atoms with Crippen LogP contribution in [0.3, 0.4) is 0 Å². The number of carbonyl (C=O) groups is 3. The molecule has 5 nitrogen and oxygen atoms in total. The number of nitrogens with zero attached hydrogens (tertiary/aromatic N) is 1. The van der Waals surface area contributed by atoms with E-state index in [9.17, 15) is 14.4 Å². The minimum Gasteiger partial charge on any atom is -0.277 e. The maximum absolute atomic E-state index is 11.3. The normalized spacial score (nSPS) is 20.2. The average Bonchev–Trinajstić information content (AvgIpc) is 2.02. The van der Waals surface area contributed by atoms with E-state index in [0.29, 0.717) is 6.42 Å². The number of barbiturate groups is 1. The van der Waals surface area contributed by atoms with Crippen LogP contribution in [-0.4, -0.2) is 28.8 Å². The van der Waals surface area contributed by atoms with Gasteiger partial charge in [0.05, 0.1) is 0 Å². The van der Waals surface area contributed by atoms with Gasteiger partial charge in [-0.2, -0.15) is 0 Å². The van der Waals surface area contributed by atoms with Gasteiger partial charge in [0.15, 0.2) is 0 Å². The highest BCUT2D eigenvalue weighted by atomic mass is 16.2. The summed E-state index contributed by atoms with van der Waals surface area (Å²) in [6, 6.07) is -0.754.